The number of carbonyl (C=O) groups excluding carboxylic acids is 1. The van der Waals surface area contributed by atoms with E-state index in [1.54, 1.807) is 13.2 Å². The third-order valence-corrected chi connectivity index (χ3v) is 4.83. The average Bonchev–Trinajstić information content (AvgIpc) is 2.60. The van der Waals surface area contributed by atoms with Gasteiger partial charge in [-0.25, -0.2) is 4.39 Å². The number of ether oxygens (including phenoxy) is 1. The Morgan fingerprint density at radius 3 is 2.65 bits per heavy atom. The summed E-state index contributed by atoms with van der Waals surface area (Å²) in [6.07, 6.45) is 1.03. The molecule has 2 rings (SSSR count). The molecule has 1 amide bonds. The van der Waals surface area contributed by atoms with Crippen LogP contribution in [0.4, 0.5) is 4.39 Å². The van der Waals surface area contributed by atoms with E-state index in [1.807, 2.05) is 43.3 Å². The van der Waals surface area contributed by atoms with Crippen molar-refractivity contribution >= 4 is 21.8 Å². The van der Waals surface area contributed by atoms with E-state index in [2.05, 4.69) is 21.2 Å². The minimum Gasteiger partial charge on any atom is -0.496 e. The second-order valence-corrected chi connectivity index (χ2v) is 7.16. The van der Waals surface area contributed by atoms with Gasteiger partial charge in [0.25, 0.3) is 0 Å². The summed E-state index contributed by atoms with van der Waals surface area (Å²) in [5.41, 5.74) is 1.90. The van der Waals surface area contributed by atoms with Gasteiger partial charge in [0, 0.05) is 13.0 Å². The molecule has 1 atom stereocenters. The molecule has 1 unspecified atom stereocenters. The zero-order valence-corrected chi connectivity index (χ0v) is 16.8. The lowest BCUT2D eigenvalue weighted by Gasteiger charge is -2.25. The number of nitrogens with one attached hydrogen (secondary N) is 1. The van der Waals surface area contributed by atoms with E-state index in [9.17, 15) is 9.18 Å². The first-order valence-electron chi connectivity index (χ1n) is 8.41. The molecular weight excluding hydrogens is 399 g/mol. The minimum atomic E-state index is -0.272. The maximum atomic E-state index is 13.5. The predicted octanol–water partition coefficient (Wildman–Crippen LogP) is 3.95. The number of methoxy groups -OCH3 is 1. The molecule has 1 N–H and O–H groups in total. The molecule has 0 saturated carbocycles. The number of nitrogens with zero attached hydrogens (tertiary/aromatic N) is 1. The van der Waals surface area contributed by atoms with Crippen LogP contribution < -0.4 is 10.1 Å². The highest BCUT2D eigenvalue weighted by molar-refractivity contribution is 9.10. The Kier molecular flexibility index (Phi) is 7.60. The Morgan fingerprint density at radius 2 is 2.04 bits per heavy atom. The Labute approximate surface area is 162 Å². The standard InChI is InChI=1S/C20H24BrFN2O2/c1-24(2)18(15-5-4-6-16(22)12-15)13-23-20(25)10-8-14-7-9-19(26-3)17(21)11-14/h4-7,9,11-12,18H,8,10,13H2,1-3H3,(H,23,25). The normalized spacial score (nSPS) is 12.1. The van der Waals surface area contributed by atoms with Gasteiger partial charge in [-0.15, -0.1) is 0 Å². The van der Waals surface area contributed by atoms with Crippen LogP contribution >= 0.6 is 15.9 Å². The molecule has 2 aromatic carbocycles. The predicted molar refractivity (Wildman–Crippen MR) is 105 cm³/mol. The number of benzene rings is 2. The second kappa shape index (κ2) is 9.69. The summed E-state index contributed by atoms with van der Waals surface area (Å²) >= 11 is 3.45. The highest BCUT2D eigenvalue weighted by Crippen LogP contribution is 2.26. The van der Waals surface area contributed by atoms with E-state index in [0.717, 1.165) is 21.3 Å². The molecule has 0 spiro atoms. The molecule has 0 aromatic heterocycles. The van der Waals surface area contributed by atoms with Gasteiger partial charge in [-0.05, 0) is 71.8 Å². The lowest BCUT2D eigenvalue weighted by atomic mass is 10.1. The summed E-state index contributed by atoms with van der Waals surface area (Å²) in [6, 6.07) is 12.2. The molecule has 0 radical (unpaired) electrons. The maximum Gasteiger partial charge on any atom is 0.220 e. The Morgan fingerprint density at radius 1 is 1.27 bits per heavy atom. The average molecular weight is 423 g/mol. The second-order valence-electron chi connectivity index (χ2n) is 6.31. The van der Waals surface area contributed by atoms with Gasteiger partial charge in [-0.2, -0.15) is 0 Å². The van der Waals surface area contributed by atoms with Crippen LogP contribution in [0, 0.1) is 5.82 Å². The molecule has 0 aliphatic heterocycles. The smallest absolute Gasteiger partial charge is 0.220 e. The van der Waals surface area contributed by atoms with Crippen molar-refractivity contribution in [3.63, 3.8) is 0 Å². The molecule has 0 aliphatic rings. The largest absolute Gasteiger partial charge is 0.496 e. The summed E-state index contributed by atoms with van der Waals surface area (Å²) in [6.45, 7) is 0.432. The fourth-order valence-electron chi connectivity index (χ4n) is 2.73. The summed E-state index contributed by atoms with van der Waals surface area (Å²) in [7, 11) is 5.44. The van der Waals surface area contributed by atoms with Crippen LogP contribution in [0.25, 0.3) is 0 Å². The van der Waals surface area contributed by atoms with E-state index >= 15 is 0 Å². The number of likely N-dealkylation sites (N-methyl/N-ethyl adjacent to an activating group) is 1. The monoisotopic (exact) mass is 422 g/mol. The molecule has 140 valence electrons. The Balaban J connectivity index is 1.89. The highest BCUT2D eigenvalue weighted by atomic mass is 79.9. The number of hydrogen-bond donors (Lipinski definition) is 1. The van der Waals surface area contributed by atoms with Gasteiger partial charge in [0.2, 0.25) is 5.91 Å². The van der Waals surface area contributed by atoms with E-state index in [0.29, 0.717) is 19.4 Å². The van der Waals surface area contributed by atoms with Crippen LogP contribution in [0.3, 0.4) is 0 Å². The van der Waals surface area contributed by atoms with Crippen LogP contribution in [-0.2, 0) is 11.2 Å². The van der Waals surface area contributed by atoms with E-state index < -0.39 is 0 Å². The maximum absolute atomic E-state index is 13.5. The molecule has 0 saturated heterocycles. The third-order valence-electron chi connectivity index (χ3n) is 4.21. The molecular formula is C20H24BrFN2O2. The van der Waals surface area contributed by atoms with Gasteiger partial charge in [0.15, 0.2) is 0 Å². The number of amides is 1. The van der Waals surface area contributed by atoms with E-state index in [-0.39, 0.29) is 17.8 Å². The Bertz CT molecular complexity index is 752. The van der Waals surface area contributed by atoms with Crippen molar-refractivity contribution in [1.82, 2.24) is 10.2 Å². The van der Waals surface area contributed by atoms with Crippen LogP contribution in [-0.4, -0.2) is 38.6 Å². The summed E-state index contributed by atoms with van der Waals surface area (Å²) in [4.78, 5) is 14.2. The van der Waals surface area contributed by atoms with Crippen molar-refractivity contribution in [3.05, 3.63) is 63.9 Å². The fraction of sp³-hybridized carbons (Fsp3) is 0.350. The van der Waals surface area contributed by atoms with Crippen LogP contribution in [0.5, 0.6) is 5.75 Å². The third kappa shape index (κ3) is 5.81. The summed E-state index contributed by atoms with van der Waals surface area (Å²) in [5, 5.41) is 2.95. The van der Waals surface area contributed by atoms with Crippen LogP contribution in [0.2, 0.25) is 0 Å². The quantitative estimate of drug-likeness (QED) is 0.699. The molecule has 4 nitrogen and oxygen atoms in total. The van der Waals surface area contributed by atoms with Crippen molar-refractivity contribution in [2.45, 2.75) is 18.9 Å². The van der Waals surface area contributed by atoms with Gasteiger partial charge < -0.3 is 15.0 Å². The molecule has 26 heavy (non-hydrogen) atoms. The zero-order valence-electron chi connectivity index (χ0n) is 15.3. The van der Waals surface area contributed by atoms with Crippen LogP contribution in [0.1, 0.15) is 23.6 Å². The summed E-state index contributed by atoms with van der Waals surface area (Å²) < 4.78 is 19.5. The van der Waals surface area contributed by atoms with Crippen molar-refractivity contribution in [2.24, 2.45) is 0 Å². The van der Waals surface area contributed by atoms with Crippen molar-refractivity contribution in [2.75, 3.05) is 27.7 Å². The van der Waals surface area contributed by atoms with Crippen molar-refractivity contribution in [1.29, 1.82) is 0 Å². The molecule has 6 heteroatoms. The van der Waals surface area contributed by atoms with Gasteiger partial charge in [-0.3, -0.25) is 4.79 Å². The first kappa shape index (κ1) is 20.4. The van der Waals surface area contributed by atoms with Gasteiger partial charge in [0.05, 0.1) is 17.6 Å². The number of hydrogen-bond acceptors (Lipinski definition) is 3. The van der Waals surface area contributed by atoms with Crippen LogP contribution in [0.15, 0.2) is 46.9 Å². The van der Waals surface area contributed by atoms with Gasteiger partial charge in [0.1, 0.15) is 11.6 Å². The number of carbonyl (C=O) groups is 1. The molecule has 0 heterocycles. The topological polar surface area (TPSA) is 41.6 Å². The van der Waals surface area contributed by atoms with Crippen molar-refractivity contribution < 1.29 is 13.9 Å². The first-order valence-corrected chi connectivity index (χ1v) is 9.21. The first-order chi connectivity index (χ1) is 12.4. The fourth-order valence-corrected chi connectivity index (χ4v) is 3.32. The lowest BCUT2D eigenvalue weighted by molar-refractivity contribution is -0.121. The van der Waals surface area contributed by atoms with E-state index in [1.165, 1.54) is 12.1 Å². The highest BCUT2D eigenvalue weighted by Gasteiger charge is 2.16. The lowest BCUT2D eigenvalue weighted by Crippen LogP contribution is -2.34. The van der Waals surface area contributed by atoms with Gasteiger partial charge in [-0.1, -0.05) is 18.2 Å². The number of halogens is 2. The number of rotatable bonds is 8. The molecule has 0 fully saturated rings. The SMILES string of the molecule is COc1ccc(CCC(=O)NCC(c2cccc(F)c2)N(C)C)cc1Br. The van der Waals surface area contributed by atoms with Crippen molar-refractivity contribution in [3.8, 4) is 5.75 Å². The van der Waals surface area contributed by atoms with Gasteiger partial charge >= 0.3 is 0 Å². The minimum absolute atomic E-state index is 0.0276. The van der Waals surface area contributed by atoms with E-state index in [4.69, 9.17) is 4.74 Å². The number of aryl methyl sites for hydroxylation is 1. The zero-order chi connectivity index (χ0) is 19.1. The molecule has 2 aromatic rings. The molecule has 0 aliphatic carbocycles. The molecule has 0 bridgehead atoms. The summed E-state index contributed by atoms with van der Waals surface area (Å²) in [5.74, 6) is 0.466. The Hall–Kier alpha value is -1.92.